The highest BCUT2D eigenvalue weighted by molar-refractivity contribution is 5.86. The first-order valence-electron chi connectivity index (χ1n) is 13.6. The molecule has 0 unspecified atom stereocenters. The van der Waals surface area contributed by atoms with Crippen molar-refractivity contribution < 1.29 is 19.4 Å². The van der Waals surface area contributed by atoms with Crippen LogP contribution in [0.4, 0.5) is 0 Å². The summed E-state index contributed by atoms with van der Waals surface area (Å²) in [7, 11) is 0. The summed E-state index contributed by atoms with van der Waals surface area (Å²) in [4.78, 5) is 12.1. The Morgan fingerprint density at radius 1 is 0.872 bits per heavy atom. The number of carbonyl (C=O) groups excluding carboxylic acids is 1. The zero-order chi connectivity index (χ0) is 27.9. The van der Waals surface area contributed by atoms with Crippen molar-refractivity contribution in [3.8, 4) is 0 Å². The Hall–Kier alpha value is -3.09. The molecule has 2 aromatic carbocycles. The normalized spacial score (nSPS) is 13.2. The van der Waals surface area contributed by atoms with E-state index in [-0.39, 0.29) is 25.5 Å². The zero-order valence-electron chi connectivity index (χ0n) is 24.1. The number of hydrogen-bond donors (Lipinski definition) is 1. The quantitative estimate of drug-likeness (QED) is 0.271. The Kier molecular flexibility index (Phi) is 11.4. The van der Waals surface area contributed by atoms with Gasteiger partial charge in [-0.05, 0) is 96.3 Å². The summed E-state index contributed by atoms with van der Waals surface area (Å²) >= 11 is 0. The van der Waals surface area contributed by atoms with Crippen molar-refractivity contribution in [3.05, 3.63) is 72.1 Å². The molecular formula is C33H48N2O4. The van der Waals surface area contributed by atoms with Gasteiger partial charge in [0.2, 0.25) is 0 Å². The van der Waals surface area contributed by atoms with Crippen LogP contribution < -0.4 is 0 Å². The molecule has 0 atom stereocenters. The van der Waals surface area contributed by atoms with Crippen molar-refractivity contribution in [2.24, 2.45) is 0 Å². The average molecular weight is 537 g/mol. The number of aromatic nitrogens is 2. The van der Waals surface area contributed by atoms with Crippen LogP contribution >= 0.6 is 0 Å². The number of aryl methyl sites for hydroxylation is 2. The number of hydrogen-bond acceptors (Lipinski definition) is 4. The van der Waals surface area contributed by atoms with E-state index in [2.05, 4.69) is 41.8 Å². The molecule has 39 heavy (non-hydrogen) atoms. The molecule has 3 heterocycles. The van der Waals surface area contributed by atoms with E-state index < -0.39 is 5.54 Å². The van der Waals surface area contributed by atoms with Gasteiger partial charge in [-0.1, -0.05) is 43.8 Å². The number of rotatable bonds is 5. The molecule has 0 saturated carbocycles. The SMILES string of the molecule is C.C1CCOC1.CCOC(=O)C(C)(C)n1c(C)cc2ccccc21.Cc1cc2ccccc2n1C(C)(C)CO. The Bertz CT molecular complexity index is 1330. The molecule has 5 rings (SSSR count). The Morgan fingerprint density at radius 3 is 1.77 bits per heavy atom. The number of esters is 1. The number of benzene rings is 2. The number of ether oxygens (including phenoxy) is 2. The van der Waals surface area contributed by atoms with Crippen LogP contribution in [0.15, 0.2) is 60.7 Å². The van der Waals surface area contributed by atoms with Crippen LogP contribution in [-0.4, -0.2) is 46.6 Å². The molecule has 0 amide bonds. The van der Waals surface area contributed by atoms with E-state index >= 15 is 0 Å². The van der Waals surface area contributed by atoms with Gasteiger partial charge >= 0.3 is 5.97 Å². The van der Waals surface area contributed by atoms with E-state index in [0.29, 0.717) is 6.61 Å². The maximum atomic E-state index is 12.1. The molecule has 6 nitrogen and oxygen atoms in total. The summed E-state index contributed by atoms with van der Waals surface area (Å²) in [6.07, 6.45) is 2.56. The molecule has 0 radical (unpaired) electrons. The number of para-hydroxylation sites is 2. The van der Waals surface area contributed by atoms with Crippen LogP contribution in [0.1, 0.15) is 66.3 Å². The first-order chi connectivity index (χ1) is 18.0. The third-order valence-corrected chi connectivity index (χ3v) is 6.94. The van der Waals surface area contributed by atoms with Crippen molar-refractivity contribution in [2.75, 3.05) is 26.4 Å². The maximum Gasteiger partial charge on any atom is 0.331 e. The Balaban J connectivity index is 0.000000229. The van der Waals surface area contributed by atoms with Crippen LogP contribution in [0.2, 0.25) is 0 Å². The summed E-state index contributed by atoms with van der Waals surface area (Å²) in [6.45, 7) is 16.4. The molecule has 4 aromatic rings. The van der Waals surface area contributed by atoms with Crippen molar-refractivity contribution >= 4 is 27.8 Å². The minimum Gasteiger partial charge on any atom is -0.464 e. The van der Waals surface area contributed by atoms with E-state index in [1.54, 1.807) is 0 Å². The third-order valence-electron chi connectivity index (χ3n) is 6.94. The lowest BCUT2D eigenvalue weighted by Gasteiger charge is -2.27. The van der Waals surface area contributed by atoms with Crippen molar-refractivity contribution in [1.82, 2.24) is 9.13 Å². The summed E-state index contributed by atoms with van der Waals surface area (Å²) in [6, 6.07) is 20.6. The fourth-order valence-corrected chi connectivity index (χ4v) is 5.11. The summed E-state index contributed by atoms with van der Waals surface area (Å²) in [5.74, 6) is -0.200. The number of nitrogens with zero attached hydrogens (tertiary/aromatic N) is 2. The molecule has 0 spiro atoms. The molecule has 214 valence electrons. The lowest BCUT2D eigenvalue weighted by molar-refractivity contribution is -0.152. The molecule has 1 aliphatic heterocycles. The first kappa shape index (κ1) is 32.1. The third kappa shape index (κ3) is 7.31. The summed E-state index contributed by atoms with van der Waals surface area (Å²) < 4.78 is 14.4. The predicted molar refractivity (Wildman–Crippen MR) is 162 cm³/mol. The second-order valence-electron chi connectivity index (χ2n) is 10.9. The van der Waals surface area contributed by atoms with Gasteiger partial charge in [0.25, 0.3) is 0 Å². The second-order valence-corrected chi connectivity index (χ2v) is 10.9. The van der Waals surface area contributed by atoms with E-state index in [1.807, 2.05) is 76.4 Å². The van der Waals surface area contributed by atoms with Gasteiger partial charge in [0.1, 0.15) is 5.54 Å². The largest absolute Gasteiger partial charge is 0.464 e. The Labute approximate surface area is 234 Å². The molecule has 1 aliphatic rings. The highest BCUT2D eigenvalue weighted by atomic mass is 16.5. The predicted octanol–water partition coefficient (Wildman–Crippen LogP) is 7.36. The topological polar surface area (TPSA) is 65.6 Å². The minimum absolute atomic E-state index is 0. The van der Waals surface area contributed by atoms with Gasteiger partial charge in [-0.3, -0.25) is 0 Å². The lowest BCUT2D eigenvalue weighted by Crippen LogP contribution is -2.38. The van der Waals surface area contributed by atoms with E-state index in [0.717, 1.165) is 29.8 Å². The van der Waals surface area contributed by atoms with Crippen LogP contribution in [-0.2, 0) is 25.3 Å². The molecule has 0 bridgehead atoms. The highest BCUT2D eigenvalue weighted by Crippen LogP contribution is 2.29. The molecule has 1 fully saturated rings. The van der Waals surface area contributed by atoms with Crippen LogP contribution in [0.25, 0.3) is 21.8 Å². The number of carbonyl (C=O) groups is 1. The molecule has 1 N–H and O–H groups in total. The van der Waals surface area contributed by atoms with Gasteiger partial charge in [0.05, 0.1) is 18.8 Å². The van der Waals surface area contributed by atoms with Gasteiger partial charge < -0.3 is 23.7 Å². The smallest absolute Gasteiger partial charge is 0.331 e. The van der Waals surface area contributed by atoms with Gasteiger partial charge in [0.15, 0.2) is 0 Å². The van der Waals surface area contributed by atoms with Gasteiger partial charge in [0, 0.05) is 35.6 Å². The lowest BCUT2D eigenvalue weighted by atomic mass is 10.0. The fourth-order valence-electron chi connectivity index (χ4n) is 5.11. The summed E-state index contributed by atoms with van der Waals surface area (Å²) in [5, 5.41) is 11.8. The molecule has 2 aromatic heterocycles. The first-order valence-corrected chi connectivity index (χ1v) is 13.6. The van der Waals surface area contributed by atoms with Gasteiger partial charge in [-0.15, -0.1) is 0 Å². The van der Waals surface area contributed by atoms with Crippen LogP contribution in [0.3, 0.4) is 0 Å². The van der Waals surface area contributed by atoms with E-state index in [1.165, 1.54) is 29.4 Å². The Morgan fingerprint density at radius 2 is 1.33 bits per heavy atom. The number of fused-ring (bicyclic) bond motifs is 2. The second kappa shape index (κ2) is 13.8. The monoisotopic (exact) mass is 536 g/mol. The molecule has 6 heteroatoms. The number of aliphatic hydroxyl groups is 1. The molecular weight excluding hydrogens is 488 g/mol. The molecule has 1 saturated heterocycles. The zero-order valence-corrected chi connectivity index (χ0v) is 24.1. The van der Waals surface area contributed by atoms with Crippen molar-refractivity contribution in [3.63, 3.8) is 0 Å². The highest BCUT2D eigenvalue weighted by Gasteiger charge is 2.33. The number of aliphatic hydroxyl groups excluding tert-OH is 1. The van der Waals surface area contributed by atoms with E-state index in [9.17, 15) is 9.90 Å². The minimum atomic E-state index is -0.691. The van der Waals surface area contributed by atoms with Crippen LogP contribution in [0, 0.1) is 13.8 Å². The standard InChI is InChI=1S/C15H19NO2.C13H17NO.C4H8O.CH4/c1-5-18-14(17)15(3,4)16-11(2)10-12-8-6-7-9-13(12)16;1-10-8-11-6-4-5-7-12(11)14(10)13(2,3)9-15;1-2-4-5-3-1;/h6-10H,5H2,1-4H3;4-8,15H,9H2,1-3H3;1-4H2;1H4. The van der Waals surface area contributed by atoms with Gasteiger partial charge in [-0.2, -0.15) is 0 Å². The fraction of sp³-hybridized carbons (Fsp3) is 0.485. The van der Waals surface area contributed by atoms with E-state index in [4.69, 9.17) is 9.47 Å². The maximum absolute atomic E-state index is 12.1. The summed E-state index contributed by atoms with van der Waals surface area (Å²) in [5.41, 5.74) is 3.57. The van der Waals surface area contributed by atoms with Crippen molar-refractivity contribution in [1.29, 1.82) is 0 Å². The van der Waals surface area contributed by atoms with Crippen LogP contribution in [0.5, 0.6) is 0 Å². The molecule has 0 aliphatic carbocycles. The van der Waals surface area contributed by atoms with Crippen molar-refractivity contribution in [2.45, 2.75) is 79.8 Å². The average Bonchev–Trinajstić information content (AvgIpc) is 3.63. The van der Waals surface area contributed by atoms with Gasteiger partial charge in [-0.25, -0.2) is 4.79 Å².